The highest BCUT2D eigenvalue weighted by Gasteiger charge is 2.28. The van der Waals surface area contributed by atoms with E-state index in [4.69, 9.17) is 4.74 Å². The van der Waals surface area contributed by atoms with Crippen LogP contribution in [-0.2, 0) is 27.5 Å². The van der Waals surface area contributed by atoms with Crippen LogP contribution in [0.4, 0.5) is 9.18 Å². The lowest BCUT2D eigenvalue weighted by atomic mass is 10.1. The average Bonchev–Trinajstić information content (AvgIpc) is 2.88. The number of benzene rings is 2. The molecule has 0 aromatic heterocycles. The number of carbonyl (C=O) groups is 4. The summed E-state index contributed by atoms with van der Waals surface area (Å²) in [5.74, 6) is -2.40. The van der Waals surface area contributed by atoms with Gasteiger partial charge in [0.2, 0.25) is 5.78 Å². The van der Waals surface area contributed by atoms with Crippen LogP contribution < -0.4 is 26.0 Å². The van der Waals surface area contributed by atoms with Gasteiger partial charge >= 0.3 is 6.03 Å². The Bertz CT molecular complexity index is 1070. The Morgan fingerprint density at radius 3 is 2.13 bits per heavy atom. The Hall–Kier alpha value is -3.60. The minimum Gasteiger partial charge on any atom is -0.493 e. The van der Waals surface area contributed by atoms with Crippen molar-refractivity contribution in [2.45, 2.75) is 58.6 Å². The summed E-state index contributed by atoms with van der Waals surface area (Å²) >= 11 is 4.05. The van der Waals surface area contributed by atoms with Gasteiger partial charge in [0.1, 0.15) is 0 Å². The van der Waals surface area contributed by atoms with E-state index in [0.29, 0.717) is 5.56 Å². The number of amides is 4. The molecule has 0 radical (unpaired) electrons. The summed E-state index contributed by atoms with van der Waals surface area (Å²) < 4.78 is 18.7. The summed E-state index contributed by atoms with van der Waals surface area (Å²) in [5, 5.41) is 8.49. The molecule has 38 heavy (non-hydrogen) atoms. The van der Waals surface area contributed by atoms with Gasteiger partial charge in [-0.15, -0.1) is 12.6 Å². The van der Waals surface area contributed by atoms with Crippen molar-refractivity contribution in [3.05, 3.63) is 65.5 Å². The van der Waals surface area contributed by atoms with Gasteiger partial charge in [-0.2, -0.15) is 0 Å². The highest BCUT2D eigenvalue weighted by Crippen LogP contribution is 2.21. The lowest BCUT2D eigenvalue weighted by Crippen LogP contribution is -2.53. The first-order valence-corrected chi connectivity index (χ1v) is 12.7. The molecule has 0 aliphatic rings. The zero-order valence-electron chi connectivity index (χ0n) is 22.3. The first kappa shape index (κ1) is 32.4. The van der Waals surface area contributed by atoms with Crippen LogP contribution in [0.3, 0.4) is 0 Å². The van der Waals surface area contributed by atoms with Crippen molar-refractivity contribution in [2.24, 2.45) is 5.92 Å². The molecular weight excluding hydrogens is 511 g/mol. The van der Waals surface area contributed by atoms with E-state index in [1.165, 1.54) is 19.2 Å². The quantitative estimate of drug-likeness (QED) is 0.167. The predicted molar refractivity (Wildman–Crippen MR) is 147 cm³/mol. The molecule has 2 aromatic rings. The number of thiol groups is 1. The number of nitrogens with one attached hydrogen (secondary N) is 4. The smallest absolute Gasteiger partial charge is 0.316 e. The van der Waals surface area contributed by atoms with Gasteiger partial charge in [-0.25, -0.2) is 9.18 Å². The first-order chi connectivity index (χ1) is 18.0. The Morgan fingerprint density at radius 2 is 1.55 bits per heavy atom. The summed E-state index contributed by atoms with van der Waals surface area (Å²) in [6.45, 7) is 8.22. The van der Waals surface area contributed by atoms with E-state index >= 15 is 0 Å². The highest BCUT2D eigenvalue weighted by atomic mass is 32.1. The van der Waals surface area contributed by atoms with Gasteiger partial charge in [-0.05, 0) is 24.0 Å². The highest BCUT2D eigenvalue weighted by molar-refractivity contribution is 7.81. The van der Waals surface area contributed by atoms with Crippen molar-refractivity contribution in [3.8, 4) is 5.75 Å². The SMILES string of the molecule is CC(C)C.CCC(NC(=O)C(S)NC(=O)NCc1ccccc1)C(=O)C(=O)NCc1cccc(F)c1OC. The molecule has 208 valence electrons. The third kappa shape index (κ3) is 11.6. The van der Waals surface area contributed by atoms with Crippen molar-refractivity contribution in [1.82, 2.24) is 21.3 Å². The van der Waals surface area contributed by atoms with Gasteiger partial charge in [0.15, 0.2) is 16.9 Å². The predicted octanol–water partition coefficient (Wildman–Crippen LogP) is 3.33. The number of hydrogen-bond acceptors (Lipinski definition) is 6. The van der Waals surface area contributed by atoms with Crippen LogP contribution >= 0.6 is 12.6 Å². The molecule has 0 saturated heterocycles. The zero-order chi connectivity index (χ0) is 28.7. The van der Waals surface area contributed by atoms with Gasteiger partial charge in [0.25, 0.3) is 11.8 Å². The molecule has 0 bridgehead atoms. The minimum atomic E-state index is -1.25. The zero-order valence-corrected chi connectivity index (χ0v) is 23.2. The summed E-state index contributed by atoms with van der Waals surface area (Å²) in [7, 11) is 1.29. The second kappa shape index (κ2) is 17.0. The largest absolute Gasteiger partial charge is 0.493 e. The maximum atomic E-state index is 13.8. The molecule has 0 heterocycles. The van der Waals surface area contributed by atoms with E-state index < -0.39 is 40.9 Å². The molecule has 0 spiro atoms. The number of hydrogen-bond donors (Lipinski definition) is 5. The summed E-state index contributed by atoms with van der Waals surface area (Å²) in [6, 6.07) is 11.6. The number of carbonyl (C=O) groups excluding carboxylic acids is 4. The fourth-order valence-electron chi connectivity index (χ4n) is 2.96. The molecule has 0 saturated carbocycles. The second-order valence-corrected chi connectivity index (χ2v) is 9.41. The minimum absolute atomic E-state index is 0.0369. The number of ether oxygens (including phenoxy) is 1. The number of para-hydroxylation sites is 1. The summed E-state index contributed by atoms with van der Waals surface area (Å²) in [6.07, 6.45) is 0.127. The molecule has 2 unspecified atom stereocenters. The molecule has 2 rings (SSSR count). The van der Waals surface area contributed by atoms with Gasteiger partial charge in [-0.3, -0.25) is 14.4 Å². The Morgan fingerprint density at radius 1 is 0.921 bits per heavy atom. The topological polar surface area (TPSA) is 126 Å². The average molecular weight is 549 g/mol. The molecule has 0 aliphatic carbocycles. The Kier molecular flexibility index (Phi) is 14.5. The van der Waals surface area contributed by atoms with Crippen LogP contribution in [0, 0.1) is 11.7 Å². The van der Waals surface area contributed by atoms with Crippen molar-refractivity contribution in [2.75, 3.05) is 7.11 Å². The monoisotopic (exact) mass is 548 g/mol. The van der Waals surface area contributed by atoms with Crippen molar-refractivity contribution in [1.29, 1.82) is 0 Å². The molecule has 0 aliphatic heterocycles. The van der Waals surface area contributed by atoms with E-state index in [0.717, 1.165) is 11.5 Å². The van der Waals surface area contributed by atoms with Crippen LogP contribution in [0.15, 0.2) is 48.5 Å². The first-order valence-electron chi connectivity index (χ1n) is 12.2. The summed E-state index contributed by atoms with van der Waals surface area (Å²) in [5.41, 5.74) is 1.22. The van der Waals surface area contributed by atoms with E-state index in [2.05, 4.69) is 54.7 Å². The van der Waals surface area contributed by atoms with E-state index in [1.54, 1.807) is 13.0 Å². The second-order valence-electron chi connectivity index (χ2n) is 8.90. The number of Topliss-reactive ketones (excluding diaryl/α,β-unsaturated/α-hetero) is 1. The van der Waals surface area contributed by atoms with Gasteiger partial charge in [0.05, 0.1) is 13.2 Å². The van der Waals surface area contributed by atoms with Crippen LogP contribution in [0.5, 0.6) is 5.75 Å². The Balaban J connectivity index is 0.00000168. The van der Waals surface area contributed by atoms with Crippen molar-refractivity contribution in [3.63, 3.8) is 0 Å². The Labute approximate surface area is 228 Å². The van der Waals surface area contributed by atoms with Crippen LogP contribution in [-0.4, -0.2) is 42.2 Å². The van der Waals surface area contributed by atoms with E-state index in [1.807, 2.05) is 30.3 Å². The fraction of sp³-hybridized carbons (Fsp3) is 0.407. The summed E-state index contributed by atoms with van der Waals surface area (Å²) in [4.78, 5) is 49.2. The number of halogens is 1. The lowest BCUT2D eigenvalue weighted by Gasteiger charge is -2.19. The maximum absolute atomic E-state index is 13.8. The third-order valence-electron chi connectivity index (χ3n) is 4.77. The van der Waals surface area contributed by atoms with E-state index in [-0.39, 0.29) is 25.3 Å². The maximum Gasteiger partial charge on any atom is 0.316 e. The molecule has 2 atom stereocenters. The normalized spacial score (nSPS) is 11.8. The van der Waals surface area contributed by atoms with Gasteiger partial charge < -0.3 is 26.0 Å². The van der Waals surface area contributed by atoms with Crippen LogP contribution in [0.2, 0.25) is 0 Å². The number of rotatable bonds is 11. The van der Waals surface area contributed by atoms with Gasteiger partial charge in [-0.1, -0.05) is 70.2 Å². The van der Waals surface area contributed by atoms with Crippen LogP contribution in [0.25, 0.3) is 0 Å². The molecule has 4 N–H and O–H groups in total. The van der Waals surface area contributed by atoms with Crippen molar-refractivity contribution >= 4 is 36.3 Å². The van der Waals surface area contributed by atoms with Gasteiger partial charge in [0, 0.05) is 18.7 Å². The lowest BCUT2D eigenvalue weighted by molar-refractivity contribution is -0.140. The number of ketones is 1. The van der Waals surface area contributed by atoms with E-state index in [9.17, 15) is 23.6 Å². The number of urea groups is 1. The van der Waals surface area contributed by atoms with Crippen LogP contribution in [0.1, 0.15) is 45.2 Å². The standard InChI is InChI=1S/C23H27FN4O5S.C4H10/c1-3-17(18(29)20(30)25-13-15-10-7-11-16(24)19(15)33-2)27-21(31)22(34)28-23(32)26-12-14-8-5-4-6-9-14;1-4(2)3/h4-11,17,22,34H,3,12-13H2,1-2H3,(H,25,30)(H,27,31)(H2,26,28,32);4H,1-3H3. The molecule has 9 nitrogen and oxygen atoms in total. The molecule has 2 aromatic carbocycles. The van der Waals surface area contributed by atoms with Crippen molar-refractivity contribution < 1.29 is 28.3 Å². The third-order valence-corrected chi connectivity index (χ3v) is 5.13. The molecular formula is C27H37FN4O5S. The molecule has 4 amide bonds. The number of methoxy groups -OCH3 is 1. The fourth-order valence-corrected chi connectivity index (χ4v) is 3.16. The molecule has 0 fully saturated rings. The molecule has 11 heteroatoms.